The quantitative estimate of drug-likeness (QED) is 0.499. The van der Waals surface area contributed by atoms with Crippen LogP contribution in [0.1, 0.15) is 11.3 Å². The highest BCUT2D eigenvalue weighted by atomic mass is 127. The van der Waals surface area contributed by atoms with Crippen molar-refractivity contribution in [1.29, 1.82) is 0 Å². The van der Waals surface area contributed by atoms with Crippen LogP contribution in [0, 0.1) is 3.01 Å². The van der Waals surface area contributed by atoms with Crippen LogP contribution in [0.2, 0.25) is 0 Å². The standard InChI is InChI=1S/C6H6I2N2S/c7-6-9-5-4(11-6)2-1-3-10(5)8/h1-3H2. The van der Waals surface area contributed by atoms with Crippen molar-refractivity contribution in [1.82, 2.24) is 4.98 Å². The van der Waals surface area contributed by atoms with Gasteiger partial charge in [0.25, 0.3) is 0 Å². The molecule has 1 aromatic rings. The fraction of sp³-hybridized carbons (Fsp3) is 0.500. The lowest BCUT2D eigenvalue weighted by Gasteiger charge is -2.19. The van der Waals surface area contributed by atoms with Gasteiger partial charge in [-0.2, -0.15) is 0 Å². The average Bonchev–Trinajstić information content (AvgIpc) is 2.31. The van der Waals surface area contributed by atoms with Gasteiger partial charge in [0.2, 0.25) is 0 Å². The van der Waals surface area contributed by atoms with Gasteiger partial charge in [0.15, 0.2) is 8.83 Å². The highest BCUT2D eigenvalue weighted by Crippen LogP contribution is 2.33. The van der Waals surface area contributed by atoms with Gasteiger partial charge in [0.1, 0.15) is 0 Å². The Morgan fingerprint density at radius 1 is 1.55 bits per heavy atom. The van der Waals surface area contributed by atoms with E-state index >= 15 is 0 Å². The largest absolute Gasteiger partial charge is 0.298 e. The number of hydrogen-bond acceptors (Lipinski definition) is 3. The average molecular weight is 392 g/mol. The zero-order valence-electron chi connectivity index (χ0n) is 5.68. The fourth-order valence-corrected chi connectivity index (χ4v) is 3.91. The summed E-state index contributed by atoms with van der Waals surface area (Å²) in [7, 11) is 0. The van der Waals surface area contributed by atoms with E-state index in [0.717, 1.165) is 9.56 Å². The smallest absolute Gasteiger partial charge is 0.156 e. The predicted octanol–water partition coefficient (Wildman–Crippen LogP) is 2.85. The van der Waals surface area contributed by atoms with Gasteiger partial charge in [-0.05, 0) is 35.4 Å². The Morgan fingerprint density at radius 2 is 2.36 bits per heavy atom. The normalized spacial score (nSPS) is 16.7. The maximum atomic E-state index is 4.46. The summed E-state index contributed by atoms with van der Waals surface area (Å²) >= 11 is 6.45. The maximum Gasteiger partial charge on any atom is 0.156 e. The van der Waals surface area contributed by atoms with Crippen LogP contribution in [0.15, 0.2) is 0 Å². The Balaban J connectivity index is 2.43. The van der Waals surface area contributed by atoms with E-state index < -0.39 is 0 Å². The molecule has 0 amide bonds. The SMILES string of the molecule is Ic1nc2c(s1)CCCN2I. The summed E-state index contributed by atoms with van der Waals surface area (Å²) in [5, 5.41) is 0. The van der Waals surface area contributed by atoms with Gasteiger partial charge in [-0.25, -0.2) is 4.98 Å². The molecule has 2 nitrogen and oxygen atoms in total. The lowest BCUT2D eigenvalue weighted by molar-refractivity contribution is 0.810. The number of nitrogens with zero attached hydrogens (tertiary/aromatic N) is 2. The second-order valence-corrected chi connectivity index (χ2v) is 6.41. The first-order valence-corrected chi connectivity index (χ1v) is 6.22. The molecule has 0 aliphatic carbocycles. The minimum absolute atomic E-state index is 1.15. The van der Waals surface area contributed by atoms with E-state index in [1.807, 2.05) is 11.3 Å². The van der Waals surface area contributed by atoms with Crippen LogP contribution in [-0.4, -0.2) is 11.5 Å². The Morgan fingerprint density at radius 3 is 3.09 bits per heavy atom. The molecule has 1 aliphatic rings. The van der Waals surface area contributed by atoms with Crippen LogP contribution in [0.25, 0.3) is 0 Å². The lowest BCUT2D eigenvalue weighted by atomic mass is 10.2. The van der Waals surface area contributed by atoms with Crippen molar-refractivity contribution in [2.75, 3.05) is 9.66 Å². The summed E-state index contributed by atoms with van der Waals surface area (Å²) in [6.45, 7) is 1.15. The zero-order valence-corrected chi connectivity index (χ0v) is 10.8. The molecule has 1 aliphatic heterocycles. The summed E-state index contributed by atoms with van der Waals surface area (Å²) in [5.41, 5.74) is 0. The van der Waals surface area contributed by atoms with Crippen LogP contribution in [0.3, 0.4) is 0 Å². The van der Waals surface area contributed by atoms with Crippen molar-refractivity contribution in [2.24, 2.45) is 0 Å². The van der Waals surface area contributed by atoms with Crippen molar-refractivity contribution in [3.8, 4) is 0 Å². The first-order chi connectivity index (χ1) is 5.27. The summed E-state index contributed by atoms with van der Waals surface area (Å²) in [6, 6.07) is 0. The van der Waals surface area contributed by atoms with Crippen LogP contribution in [-0.2, 0) is 6.42 Å². The molecule has 0 saturated heterocycles. The Bertz CT molecular complexity index is 274. The molecule has 5 heteroatoms. The van der Waals surface area contributed by atoms with Crippen molar-refractivity contribution in [2.45, 2.75) is 12.8 Å². The van der Waals surface area contributed by atoms with E-state index in [0.29, 0.717) is 0 Å². The number of aryl methyl sites for hydroxylation is 1. The van der Waals surface area contributed by atoms with Crippen LogP contribution in [0.4, 0.5) is 5.82 Å². The summed E-state index contributed by atoms with van der Waals surface area (Å²) < 4.78 is 3.38. The van der Waals surface area contributed by atoms with E-state index in [1.165, 1.54) is 23.5 Å². The van der Waals surface area contributed by atoms with Crippen molar-refractivity contribution < 1.29 is 0 Å². The summed E-state index contributed by atoms with van der Waals surface area (Å²) in [6.07, 6.45) is 2.49. The van der Waals surface area contributed by atoms with Crippen LogP contribution in [0.5, 0.6) is 0 Å². The molecule has 0 N–H and O–H groups in total. The molecule has 60 valence electrons. The van der Waals surface area contributed by atoms with Gasteiger partial charge < -0.3 is 0 Å². The Labute approximate surface area is 97.0 Å². The van der Waals surface area contributed by atoms with Gasteiger partial charge in [-0.3, -0.25) is 3.11 Å². The lowest BCUT2D eigenvalue weighted by Crippen LogP contribution is -2.17. The number of rotatable bonds is 0. The molecule has 0 aromatic carbocycles. The number of halogens is 2. The van der Waals surface area contributed by atoms with Crippen LogP contribution >= 0.6 is 56.8 Å². The monoisotopic (exact) mass is 392 g/mol. The molecule has 0 spiro atoms. The van der Waals surface area contributed by atoms with Gasteiger partial charge in [-0.15, -0.1) is 11.3 Å². The third kappa shape index (κ3) is 1.64. The van der Waals surface area contributed by atoms with Gasteiger partial charge in [0.05, 0.1) is 27.7 Å². The molecule has 0 saturated carbocycles. The highest BCUT2D eigenvalue weighted by Gasteiger charge is 2.18. The molecule has 0 fully saturated rings. The molecule has 0 atom stereocenters. The number of anilines is 1. The number of hydrogen-bond donors (Lipinski definition) is 0. The van der Waals surface area contributed by atoms with E-state index in [9.17, 15) is 0 Å². The Hall–Kier alpha value is 0.890. The number of fused-ring (bicyclic) bond motifs is 1. The first kappa shape index (κ1) is 8.49. The molecular weight excluding hydrogens is 386 g/mol. The third-order valence-corrected chi connectivity index (χ3v) is 4.37. The molecule has 2 heterocycles. The molecule has 2 rings (SSSR count). The Kier molecular flexibility index (Phi) is 2.57. The van der Waals surface area contributed by atoms with E-state index in [1.54, 1.807) is 0 Å². The van der Waals surface area contributed by atoms with Crippen molar-refractivity contribution in [3.63, 3.8) is 0 Å². The van der Waals surface area contributed by atoms with Crippen molar-refractivity contribution in [3.05, 3.63) is 7.89 Å². The number of aromatic nitrogens is 1. The minimum atomic E-state index is 1.15. The molecule has 1 aromatic heterocycles. The topological polar surface area (TPSA) is 16.1 Å². The van der Waals surface area contributed by atoms with Crippen molar-refractivity contribution >= 4 is 62.6 Å². The van der Waals surface area contributed by atoms with Gasteiger partial charge in [-0.1, -0.05) is 0 Å². The molecule has 0 unspecified atom stereocenters. The predicted molar refractivity (Wildman–Crippen MR) is 64.5 cm³/mol. The van der Waals surface area contributed by atoms with E-state index in [2.05, 4.69) is 53.6 Å². The zero-order chi connectivity index (χ0) is 7.84. The highest BCUT2D eigenvalue weighted by molar-refractivity contribution is 14.1. The van der Waals surface area contributed by atoms with Crippen LogP contribution < -0.4 is 3.11 Å². The van der Waals surface area contributed by atoms with Gasteiger partial charge in [0, 0.05) is 6.54 Å². The minimum Gasteiger partial charge on any atom is -0.298 e. The fourth-order valence-electron chi connectivity index (χ4n) is 1.15. The second-order valence-electron chi connectivity index (χ2n) is 2.40. The molecule has 11 heavy (non-hydrogen) atoms. The third-order valence-electron chi connectivity index (χ3n) is 1.64. The molecule has 0 radical (unpaired) electrons. The van der Waals surface area contributed by atoms with E-state index in [4.69, 9.17) is 0 Å². The molecular formula is C6H6I2N2S. The maximum absolute atomic E-state index is 4.46. The van der Waals surface area contributed by atoms with Gasteiger partial charge >= 0.3 is 0 Å². The summed E-state index contributed by atoms with van der Waals surface area (Å²) in [4.78, 5) is 5.91. The second kappa shape index (κ2) is 3.33. The number of thiazole rings is 1. The first-order valence-electron chi connectivity index (χ1n) is 3.36. The summed E-state index contributed by atoms with van der Waals surface area (Å²) in [5.74, 6) is 1.20. The molecule has 0 bridgehead atoms. The van der Waals surface area contributed by atoms with E-state index in [-0.39, 0.29) is 0 Å².